The van der Waals surface area contributed by atoms with Crippen molar-refractivity contribution in [1.82, 2.24) is 10.1 Å². The lowest BCUT2D eigenvalue weighted by molar-refractivity contribution is 0.430. The molecule has 1 aliphatic heterocycles. The summed E-state index contributed by atoms with van der Waals surface area (Å²) < 4.78 is 5.45. The second-order valence-corrected chi connectivity index (χ2v) is 6.33. The summed E-state index contributed by atoms with van der Waals surface area (Å²) in [6, 6.07) is 0. The minimum absolute atomic E-state index is 0.596. The molecule has 2 aromatic rings. The SMILES string of the molecule is Nc1sc2c(c1-c1nc(N3CCCC3)no1)CCC2. The van der Waals surface area contributed by atoms with Gasteiger partial charge in [-0.15, -0.1) is 11.3 Å². The highest BCUT2D eigenvalue weighted by Crippen LogP contribution is 2.43. The number of thiophene rings is 1. The standard InChI is InChI=1S/C13H16N4OS/c14-11-10(8-4-3-5-9(8)19-11)12-15-13(16-18-12)17-6-1-2-7-17/h1-7,14H2. The molecule has 6 heteroatoms. The Hall–Kier alpha value is -1.56. The summed E-state index contributed by atoms with van der Waals surface area (Å²) >= 11 is 1.68. The third kappa shape index (κ3) is 1.74. The molecule has 2 N–H and O–H groups in total. The van der Waals surface area contributed by atoms with Crippen molar-refractivity contribution in [2.45, 2.75) is 32.1 Å². The number of fused-ring (bicyclic) bond motifs is 1. The van der Waals surface area contributed by atoms with Crippen LogP contribution in [0.25, 0.3) is 11.5 Å². The summed E-state index contributed by atoms with van der Waals surface area (Å²) in [5.74, 6) is 1.31. The minimum atomic E-state index is 0.596. The maximum absolute atomic E-state index is 6.12. The molecule has 19 heavy (non-hydrogen) atoms. The molecule has 4 rings (SSSR count). The van der Waals surface area contributed by atoms with Gasteiger partial charge in [0.25, 0.3) is 11.8 Å². The first kappa shape index (κ1) is 11.3. The molecule has 0 amide bonds. The molecule has 2 aromatic heterocycles. The van der Waals surface area contributed by atoms with Gasteiger partial charge in [0.2, 0.25) is 0 Å². The zero-order valence-corrected chi connectivity index (χ0v) is 11.5. The first-order valence-corrected chi connectivity index (χ1v) is 7.63. The average Bonchev–Trinajstić information content (AvgIpc) is 3.11. The van der Waals surface area contributed by atoms with E-state index in [1.54, 1.807) is 11.3 Å². The lowest BCUT2D eigenvalue weighted by atomic mass is 10.1. The van der Waals surface area contributed by atoms with Gasteiger partial charge < -0.3 is 15.2 Å². The van der Waals surface area contributed by atoms with Crippen molar-refractivity contribution < 1.29 is 4.52 Å². The maximum atomic E-state index is 6.12. The van der Waals surface area contributed by atoms with Crippen LogP contribution in [0.3, 0.4) is 0 Å². The van der Waals surface area contributed by atoms with Crippen molar-refractivity contribution in [3.8, 4) is 11.5 Å². The van der Waals surface area contributed by atoms with Crippen molar-refractivity contribution in [3.05, 3.63) is 10.4 Å². The van der Waals surface area contributed by atoms with Gasteiger partial charge in [0.15, 0.2) is 0 Å². The van der Waals surface area contributed by atoms with Crippen LogP contribution in [-0.4, -0.2) is 23.2 Å². The summed E-state index contributed by atoms with van der Waals surface area (Å²) in [5, 5.41) is 4.93. The lowest BCUT2D eigenvalue weighted by Gasteiger charge is -2.09. The van der Waals surface area contributed by atoms with Crippen LogP contribution in [0.5, 0.6) is 0 Å². The number of hydrogen-bond donors (Lipinski definition) is 1. The molecule has 2 aliphatic rings. The lowest BCUT2D eigenvalue weighted by Crippen LogP contribution is -2.18. The monoisotopic (exact) mass is 276 g/mol. The van der Waals surface area contributed by atoms with E-state index in [-0.39, 0.29) is 0 Å². The van der Waals surface area contributed by atoms with Crippen LogP contribution in [0.1, 0.15) is 29.7 Å². The molecule has 1 aliphatic carbocycles. The van der Waals surface area contributed by atoms with Crippen LogP contribution >= 0.6 is 11.3 Å². The van der Waals surface area contributed by atoms with Crippen LogP contribution < -0.4 is 10.6 Å². The van der Waals surface area contributed by atoms with Crippen LogP contribution in [0.2, 0.25) is 0 Å². The van der Waals surface area contributed by atoms with Crippen LogP contribution in [0.4, 0.5) is 10.9 Å². The van der Waals surface area contributed by atoms with E-state index >= 15 is 0 Å². The topological polar surface area (TPSA) is 68.2 Å². The number of nitrogens with zero attached hydrogens (tertiary/aromatic N) is 3. The summed E-state index contributed by atoms with van der Waals surface area (Å²) in [4.78, 5) is 8.12. The van der Waals surface area contributed by atoms with Crippen molar-refractivity contribution >= 4 is 22.3 Å². The van der Waals surface area contributed by atoms with Gasteiger partial charge in [-0.3, -0.25) is 0 Å². The summed E-state index contributed by atoms with van der Waals surface area (Å²) in [7, 11) is 0. The Kier molecular flexibility index (Phi) is 2.51. The van der Waals surface area contributed by atoms with Gasteiger partial charge in [-0.1, -0.05) is 0 Å². The predicted octanol–water partition coefficient (Wildman–Crippen LogP) is 2.47. The molecule has 1 fully saturated rings. The Morgan fingerprint density at radius 2 is 2.00 bits per heavy atom. The van der Waals surface area contributed by atoms with E-state index in [1.165, 1.54) is 29.7 Å². The Labute approximate surface area is 115 Å². The third-order valence-corrected chi connectivity index (χ3v) is 5.09. The fraction of sp³-hybridized carbons (Fsp3) is 0.538. The molecule has 3 heterocycles. The number of nitrogen functional groups attached to an aromatic ring is 1. The van der Waals surface area contributed by atoms with Gasteiger partial charge in [-0.05, 0) is 42.8 Å². The fourth-order valence-electron chi connectivity index (χ4n) is 3.02. The van der Waals surface area contributed by atoms with Crippen molar-refractivity contribution in [3.63, 3.8) is 0 Å². The first-order chi connectivity index (χ1) is 9.33. The molecule has 1 saturated heterocycles. The number of rotatable bonds is 2. The smallest absolute Gasteiger partial charge is 0.266 e. The predicted molar refractivity (Wildman–Crippen MR) is 75.5 cm³/mol. The third-order valence-electron chi connectivity index (χ3n) is 3.97. The molecule has 100 valence electrons. The van der Waals surface area contributed by atoms with Gasteiger partial charge in [-0.25, -0.2) is 0 Å². The van der Waals surface area contributed by atoms with Crippen LogP contribution in [0, 0.1) is 0 Å². The van der Waals surface area contributed by atoms with E-state index in [9.17, 15) is 0 Å². The second-order valence-electron chi connectivity index (χ2n) is 5.19. The Morgan fingerprint density at radius 3 is 2.84 bits per heavy atom. The molecular weight excluding hydrogens is 260 g/mol. The second kappa shape index (κ2) is 4.23. The maximum Gasteiger partial charge on any atom is 0.266 e. The van der Waals surface area contributed by atoms with Gasteiger partial charge >= 0.3 is 0 Å². The van der Waals surface area contributed by atoms with E-state index < -0.39 is 0 Å². The molecule has 0 bridgehead atoms. The number of anilines is 2. The Balaban J connectivity index is 1.73. The molecule has 0 spiro atoms. The minimum Gasteiger partial charge on any atom is -0.390 e. The molecule has 0 unspecified atom stereocenters. The van der Waals surface area contributed by atoms with E-state index in [0.29, 0.717) is 11.8 Å². The summed E-state index contributed by atoms with van der Waals surface area (Å²) in [6.07, 6.45) is 5.85. The van der Waals surface area contributed by atoms with E-state index in [4.69, 9.17) is 10.3 Å². The summed E-state index contributed by atoms with van der Waals surface area (Å²) in [6.45, 7) is 2.05. The fourth-order valence-corrected chi connectivity index (χ4v) is 4.17. The largest absolute Gasteiger partial charge is 0.390 e. The van der Waals surface area contributed by atoms with Gasteiger partial charge in [0.05, 0.1) is 10.6 Å². The zero-order chi connectivity index (χ0) is 12.8. The van der Waals surface area contributed by atoms with Crippen LogP contribution in [0.15, 0.2) is 4.52 Å². The Bertz CT molecular complexity index is 612. The number of aryl methyl sites for hydroxylation is 1. The van der Waals surface area contributed by atoms with Crippen LogP contribution in [-0.2, 0) is 12.8 Å². The number of hydrogen-bond acceptors (Lipinski definition) is 6. The molecule has 0 aromatic carbocycles. The highest BCUT2D eigenvalue weighted by atomic mass is 32.1. The van der Waals surface area contributed by atoms with Gasteiger partial charge in [0, 0.05) is 18.0 Å². The number of nitrogens with two attached hydrogens (primary N) is 1. The number of aromatic nitrogens is 2. The van der Waals surface area contributed by atoms with E-state index in [2.05, 4.69) is 15.0 Å². The normalized spacial score (nSPS) is 18.2. The Morgan fingerprint density at radius 1 is 1.16 bits per heavy atom. The quantitative estimate of drug-likeness (QED) is 0.912. The molecule has 5 nitrogen and oxygen atoms in total. The highest BCUT2D eigenvalue weighted by molar-refractivity contribution is 7.16. The van der Waals surface area contributed by atoms with E-state index in [1.807, 2.05) is 0 Å². The highest BCUT2D eigenvalue weighted by Gasteiger charge is 2.26. The van der Waals surface area contributed by atoms with Crippen molar-refractivity contribution in [1.29, 1.82) is 0 Å². The van der Waals surface area contributed by atoms with E-state index in [0.717, 1.165) is 36.5 Å². The average molecular weight is 276 g/mol. The van der Waals surface area contributed by atoms with Crippen molar-refractivity contribution in [2.75, 3.05) is 23.7 Å². The molecular formula is C13H16N4OS. The van der Waals surface area contributed by atoms with Crippen molar-refractivity contribution in [2.24, 2.45) is 0 Å². The zero-order valence-electron chi connectivity index (χ0n) is 10.7. The summed E-state index contributed by atoms with van der Waals surface area (Å²) in [5.41, 5.74) is 8.45. The molecule has 0 saturated carbocycles. The van der Waals surface area contributed by atoms with Gasteiger partial charge in [0.1, 0.15) is 0 Å². The molecule has 0 radical (unpaired) electrons. The first-order valence-electron chi connectivity index (χ1n) is 6.82. The van der Waals surface area contributed by atoms with Gasteiger partial charge in [-0.2, -0.15) is 4.98 Å². The molecule has 0 atom stereocenters.